The van der Waals surface area contributed by atoms with E-state index in [0.29, 0.717) is 5.92 Å². The smallest absolute Gasteiger partial charge is 0.100 e. The molecule has 0 unspecified atom stereocenters. The van der Waals surface area contributed by atoms with Crippen LogP contribution in [0.15, 0.2) is 96.0 Å². The number of amidine groups is 1. The van der Waals surface area contributed by atoms with Gasteiger partial charge in [-0.15, -0.1) is 0 Å². The summed E-state index contributed by atoms with van der Waals surface area (Å²) in [5.74, 6) is 1.42. The Kier molecular flexibility index (Phi) is 6.06. The summed E-state index contributed by atoms with van der Waals surface area (Å²) in [6.07, 6.45) is 1.63. The molecule has 0 aliphatic carbocycles. The first-order chi connectivity index (χ1) is 14.3. The van der Waals surface area contributed by atoms with Crippen molar-refractivity contribution in [2.75, 3.05) is 13.7 Å². The molecule has 1 heterocycles. The maximum atomic E-state index is 9.97. The number of nitrogens with zero attached hydrogens (tertiary/aromatic N) is 2. The van der Waals surface area contributed by atoms with Crippen molar-refractivity contribution in [2.45, 2.75) is 30.8 Å². The molecule has 0 saturated carbocycles. The van der Waals surface area contributed by atoms with Crippen LogP contribution < -0.4 is 0 Å². The van der Waals surface area contributed by atoms with E-state index >= 15 is 0 Å². The third-order valence-electron chi connectivity index (χ3n) is 5.83. The van der Waals surface area contributed by atoms with Crippen molar-refractivity contribution in [1.29, 1.82) is 0 Å². The van der Waals surface area contributed by atoms with Gasteiger partial charge in [-0.25, -0.2) is 0 Å². The number of aliphatic hydroxyl groups excluding tert-OH is 1. The fourth-order valence-corrected chi connectivity index (χ4v) is 4.38. The van der Waals surface area contributed by atoms with Crippen molar-refractivity contribution in [1.82, 2.24) is 4.90 Å². The van der Waals surface area contributed by atoms with Crippen LogP contribution in [0.4, 0.5) is 0 Å². The number of hydrogen-bond donors (Lipinski definition) is 1. The van der Waals surface area contributed by atoms with E-state index in [1.807, 2.05) is 18.2 Å². The van der Waals surface area contributed by atoms with E-state index in [-0.39, 0.29) is 18.7 Å². The lowest BCUT2D eigenvalue weighted by atomic mass is 9.87. The average Bonchev–Trinajstić information content (AvgIpc) is 3.11. The van der Waals surface area contributed by atoms with E-state index in [1.54, 1.807) is 0 Å². The molecule has 1 aliphatic rings. The molecule has 29 heavy (non-hydrogen) atoms. The molecule has 4 rings (SSSR count). The molecule has 0 bridgehead atoms. The van der Waals surface area contributed by atoms with Gasteiger partial charge in [0.25, 0.3) is 0 Å². The van der Waals surface area contributed by atoms with Crippen LogP contribution in [0.5, 0.6) is 0 Å². The molecule has 3 heteroatoms. The quantitative estimate of drug-likeness (QED) is 0.659. The summed E-state index contributed by atoms with van der Waals surface area (Å²) in [7, 11) is 2.14. The number of aliphatic hydroxyl groups is 1. The molecular weight excluding hydrogens is 356 g/mol. The van der Waals surface area contributed by atoms with E-state index in [4.69, 9.17) is 4.99 Å². The van der Waals surface area contributed by atoms with Gasteiger partial charge in [0.15, 0.2) is 0 Å². The molecule has 0 radical (unpaired) electrons. The zero-order valence-corrected chi connectivity index (χ0v) is 16.9. The highest BCUT2D eigenvalue weighted by atomic mass is 16.3. The van der Waals surface area contributed by atoms with Crippen molar-refractivity contribution in [2.24, 2.45) is 4.99 Å². The Balaban J connectivity index is 1.65. The second kappa shape index (κ2) is 9.06. The van der Waals surface area contributed by atoms with Gasteiger partial charge in [-0.3, -0.25) is 4.99 Å². The molecule has 0 aromatic heterocycles. The van der Waals surface area contributed by atoms with Gasteiger partial charge >= 0.3 is 0 Å². The van der Waals surface area contributed by atoms with Crippen LogP contribution in [0.3, 0.4) is 0 Å². The van der Waals surface area contributed by atoms with E-state index in [1.165, 1.54) is 16.7 Å². The van der Waals surface area contributed by atoms with Gasteiger partial charge in [-0.1, -0.05) is 91.0 Å². The van der Waals surface area contributed by atoms with E-state index in [2.05, 4.69) is 84.7 Å². The van der Waals surface area contributed by atoms with Gasteiger partial charge in [0, 0.05) is 19.4 Å². The Morgan fingerprint density at radius 2 is 1.41 bits per heavy atom. The number of rotatable bonds is 6. The highest BCUT2D eigenvalue weighted by Crippen LogP contribution is 2.44. The Morgan fingerprint density at radius 3 is 2.00 bits per heavy atom. The predicted molar refractivity (Wildman–Crippen MR) is 119 cm³/mol. The first-order valence-corrected chi connectivity index (χ1v) is 10.3. The minimum atomic E-state index is -0.124. The van der Waals surface area contributed by atoms with Crippen molar-refractivity contribution in [3.8, 4) is 0 Å². The molecule has 1 saturated heterocycles. The Morgan fingerprint density at radius 1 is 0.862 bits per heavy atom. The number of hydrogen-bond acceptors (Lipinski definition) is 2. The molecule has 148 valence electrons. The molecule has 1 fully saturated rings. The normalized spacial score (nSPS) is 21.4. The van der Waals surface area contributed by atoms with Gasteiger partial charge in [-0.2, -0.15) is 0 Å². The summed E-state index contributed by atoms with van der Waals surface area (Å²) in [6.45, 7) is 0.0538. The molecule has 3 nitrogen and oxygen atoms in total. The van der Waals surface area contributed by atoms with Crippen molar-refractivity contribution in [3.05, 3.63) is 108 Å². The second-order valence-corrected chi connectivity index (χ2v) is 7.76. The fourth-order valence-electron chi connectivity index (χ4n) is 4.38. The van der Waals surface area contributed by atoms with Crippen LogP contribution in [0.1, 0.15) is 35.1 Å². The number of aliphatic imine (C=N–C) groups is 1. The standard InChI is InChI=1S/C26H28N2O/c1-28-25(27-23(19-29)17-20-11-5-2-6-12-20)18-24(21-13-7-3-8-14-21)26(28)22-15-9-4-10-16-22/h2-16,23-24,26,29H,17-19H2,1H3/t23-,24-,26-/m0/s1. The summed E-state index contributed by atoms with van der Waals surface area (Å²) in [5.41, 5.74) is 3.84. The Labute approximate surface area is 173 Å². The van der Waals surface area contributed by atoms with Crippen molar-refractivity contribution < 1.29 is 5.11 Å². The Hall–Kier alpha value is -2.91. The summed E-state index contributed by atoms with van der Waals surface area (Å²) in [6, 6.07) is 31.8. The molecule has 0 amide bonds. The molecule has 1 N–H and O–H groups in total. The third kappa shape index (κ3) is 4.41. The monoisotopic (exact) mass is 384 g/mol. The van der Waals surface area contributed by atoms with Crippen LogP contribution >= 0.6 is 0 Å². The maximum absolute atomic E-state index is 9.97. The van der Waals surface area contributed by atoms with Gasteiger partial charge in [0.1, 0.15) is 5.84 Å². The Bertz CT molecular complexity index is 925. The summed E-state index contributed by atoms with van der Waals surface area (Å²) in [4.78, 5) is 7.32. The average molecular weight is 385 g/mol. The van der Waals surface area contributed by atoms with Crippen LogP contribution in [0, 0.1) is 0 Å². The molecule has 1 aliphatic heterocycles. The lowest BCUT2D eigenvalue weighted by molar-refractivity contribution is 0.264. The minimum absolute atomic E-state index is 0.0538. The minimum Gasteiger partial charge on any atom is -0.394 e. The van der Waals surface area contributed by atoms with Gasteiger partial charge in [0.2, 0.25) is 0 Å². The zero-order chi connectivity index (χ0) is 20.1. The molecule has 3 aromatic rings. The molecular formula is C26H28N2O. The van der Waals surface area contributed by atoms with E-state index < -0.39 is 0 Å². The largest absolute Gasteiger partial charge is 0.394 e. The van der Waals surface area contributed by atoms with Crippen molar-refractivity contribution >= 4 is 5.84 Å². The second-order valence-electron chi connectivity index (χ2n) is 7.76. The summed E-state index contributed by atoms with van der Waals surface area (Å²) >= 11 is 0. The lowest BCUT2D eigenvalue weighted by Crippen LogP contribution is -2.27. The highest BCUT2D eigenvalue weighted by molar-refractivity contribution is 5.86. The number of benzene rings is 3. The first kappa shape index (κ1) is 19.4. The van der Waals surface area contributed by atoms with Crippen LogP contribution in [0.25, 0.3) is 0 Å². The zero-order valence-electron chi connectivity index (χ0n) is 16.9. The fraction of sp³-hybridized carbons (Fsp3) is 0.269. The summed E-state index contributed by atoms with van der Waals surface area (Å²) < 4.78 is 0. The van der Waals surface area contributed by atoms with Crippen LogP contribution in [-0.4, -0.2) is 35.5 Å². The first-order valence-electron chi connectivity index (χ1n) is 10.3. The van der Waals surface area contributed by atoms with E-state index in [0.717, 1.165) is 18.7 Å². The highest BCUT2D eigenvalue weighted by Gasteiger charge is 2.38. The topological polar surface area (TPSA) is 35.8 Å². The van der Waals surface area contributed by atoms with Crippen LogP contribution in [0.2, 0.25) is 0 Å². The lowest BCUT2D eigenvalue weighted by Gasteiger charge is -2.27. The SMILES string of the molecule is CN1C(=N[C@H](CO)Cc2ccccc2)C[C@@H](c2ccccc2)[C@@H]1c1ccccc1. The summed E-state index contributed by atoms with van der Waals surface area (Å²) in [5, 5.41) is 9.97. The van der Waals surface area contributed by atoms with E-state index in [9.17, 15) is 5.11 Å². The molecule has 3 atom stereocenters. The van der Waals surface area contributed by atoms with Gasteiger partial charge in [-0.05, 0) is 23.1 Å². The molecule has 3 aromatic carbocycles. The molecule has 0 spiro atoms. The van der Waals surface area contributed by atoms with Gasteiger partial charge < -0.3 is 10.0 Å². The third-order valence-corrected chi connectivity index (χ3v) is 5.83. The number of likely N-dealkylation sites (tertiary alicyclic amines) is 1. The van der Waals surface area contributed by atoms with Crippen LogP contribution in [-0.2, 0) is 6.42 Å². The van der Waals surface area contributed by atoms with Crippen molar-refractivity contribution in [3.63, 3.8) is 0 Å². The number of likely N-dealkylation sites (N-methyl/N-ethyl adjacent to an activating group) is 1. The predicted octanol–water partition coefficient (Wildman–Crippen LogP) is 4.85. The van der Waals surface area contributed by atoms with Gasteiger partial charge in [0.05, 0.1) is 18.7 Å². The maximum Gasteiger partial charge on any atom is 0.100 e.